The Bertz CT molecular complexity index is 856. The SMILES string of the molecule is CCCCC(N)(N)Oc1ccc(-c2ccc(-c3ccc(I)cc3)cc2)cc1. The Morgan fingerprint density at radius 2 is 1.15 bits per heavy atom. The molecule has 140 valence electrons. The summed E-state index contributed by atoms with van der Waals surface area (Å²) in [6.07, 6.45) is 2.61. The van der Waals surface area contributed by atoms with Crippen LogP contribution in [0, 0.1) is 3.57 Å². The topological polar surface area (TPSA) is 61.3 Å². The highest BCUT2D eigenvalue weighted by Gasteiger charge is 2.20. The Hall–Kier alpha value is -1.89. The minimum atomic E-state index is -1.12. The molecule has 0 radical (unpaired) electrons. The summed E-state index contributed by atoms with van der Waals surface area (Å²) in [5.41, 5.74) is 16.8. The summed E-state index contributed by atoms with van der Waals surface area (Å²) in [5.74, 6) is -0.428. The molecule has 0 aliphatic rings. The van der Waals surface area contributed by atoms with Gasteiger partial charge < -0.3 is 4.74 Å². The van der Waals surface area contributed by atoms with Crippen LogP contribution >= 0.6 is 22.6 Å². The highest BCUT2D eigenvalue weighted by Crippen LogP contribution is 2.27. The number of rotatable bonds is 7. The van der Waals surface area contributed by atoms with E-state index in [4.69, 9.17) is 16.2 Å². The summed E-state index contributed by atoms with van der Waals surface area (Å²) in [6, 6.07) is 25.0. The van der Waals surface area contributed by atoms with Gasteiger partial charge in [0.1, 0.15) is 5.75 Å². The first-order valence-corrected chi connectivity index (χ1v) is 10.3. The maximum atomic E-state index is 6.02. The van der Waals surface area contributed by atoms with Gasteiger partial charge in [0.15, 0.2) is 0 Å². The molecule has 3 aromatic rings. The number of nitrogens with two attached hydrogens (primary N) is 2. The molecular weight excluding hydrogens is 447 g/mol. The lowest BCUT2D eigenvalue weighted by Gasteiger charge is -2.25. The van der Waals surface area contributed by atoms with Crippen LogP contribution in [0.4, 0.5) is 0 Å². The van der Waals surface area contributed by atoms with Crippen molar-refractivity contribution in [2.45, 2.75) is 32.0 Å². The van der Waals surface area contributed by atoms with E-state index >= 15 is 0 Å². The third-order valence-electron chi connectivity index (χ3n) is 4.48. The third-order valence-corrected chi connectivity index (χ3v) is 5.20. The van der Waals surface area contributed by atoms with Crippen molar-refractivity contribution in [1.29, 1.82) is 0 Å². The monoisotopic (exact) mass is 472 g/mol. The normalized spacial score (nSPS) is 11.4. The minimum absolute atomic E-state index is 0.630. The van der Waals surface area contributed by atoms with Crippen LogP contribution in [0.3, 0.4) is 0 Å². The molecule has 0 amide bonds. The summed E-state index contributed by atoms with van der Waals surface area (Å²) in [4.78, 5) is 0. The van der Waals surface area contributed by atoms with E-state index in [1.807, 2.05) is 24.3 Å². The molecule has 0 saturated heterocycles. The van der Waals surface area contributed by atoms with Crippen LogP contribution in [0.2, 0.25) is 0 Å². The second-order valence-electron chi connectivity index (χ2n) is 6.77. The number of hydrogen-bond donors (Lipinski definition) is 2. The van der Waals surface area contributed by atoms with Gasteiger partial charge in [-0.15, -0.1) is 0 Å². The Morgan fingerprint density at radius 1 is 0.741 bits per heavy atom. The van der Waals surface area contributed by atoms with E-state index < -0.39 is 5.85 Å². The van der Waals surface area contributed by atoms with E-state index in [9.17, 15) is 0 Å². The lowest BCUT2D eigenvalue weighted by molar-refractivity contribution is 0.0706. The number of benzene rings is 3. The van der Waals surface area contributed by atoms with Crippen molar-refractivity contribution in [2.24, 2.45) is 11.5 Å². The van der Waals surface area contributed by atoms with Crippen LogP contribution in [0.5, 0.6) is 5.75 Å². The van der Waals surface area contributed by atoms with Gasteiger partial charge in [0.05, 0.1) is 0 Å². The molecule has 27 heavy (non-hydrogen) atoms. The second-order valence-corrected chi connectivity index (χ2v) is 8.01. The summed E-state index contributed by atoms with van der Waals surface area (Å²) < 4.78 is 6.98. The highest BCUT2D eigenvalue weighted by atomic mass is 127. The Labute approximate surface area is 174 Å². The smallest absolute Gasteiger partial charge is 0.212 e. The third kappa shape index (κ3) is 5.54. The van der Waals surface area contributed by atoms with Gasteiger partial charge in [-0.05, 0) is 75.5 Å². The van der Waals surface area contributed by atoms with Gasteiger partial charge in [-0.25, -0.2) is 0 Å². The summed E-state index contributed by atoms with van der Waals surface area (Å²) >= 11 is 2.32. The molecule has 0 aromatic heterocycles. The molecular formula is C23H25IN2O. The molecule has 4 N–H and O–H groups in total. The van der Waals surface area contributed by atoms with Crippen LogP contribution in [0.25, 0.3) is 22.3 Å². The van der Waals surface area contributed by atoms with Crippen molar-refractivity contribution in [1.82, 2.24) is 0 Å². The molecule has 4 heteroatoms. The summed E-state index contributed by atoms with van der Waals surface area (Å²) in [5, 5.41) is 0. The zero-order valence-electron chi connectivity index (χ0n) is 15.5. The predicted molar refractivity (Wildman–Crippen MR) is 121 cm³/mol. The number of ether oxygens (including phenoxy) is 1. The average Bonchev–Trinajstić information content (AvgIpc) is 2.68. The molecule has 3 aromatic carbocycles. The molecule has 0 unspecified atom stereocenters. The standard InChI is InChI=1S/C23H25IN2O/c1-2-3-16-23(25,26)27-22-14-10-20(11-15-22)18-6-4-17(5-7-18)19-8-12-21(24)13-9-19/h4-15H,2-3,16,25-26H2,1H3. The van der Waals surface area contributed by atoms with E-state index in [1.165, 1.54) is 14.7 Å². The maximum absolute atomic E-state index is 6.02. The predicted octanol–water partition coefficient (Wildman–Crippen LogP) is 5.77. The van der Waals surface area contributed by atoms with E-state index in [0.717, 1.165) is 24.0 Å². The van der Waals surface area contributed by atoms with Crippen molar-refractivity contribution in [3.05, 3.63) is 76.4 Å². The van der Waals surface area contributed by atoms with E-state index in [-0.39, 0.29) is 0 Å². The van der Waals surface area contributed by atoms with Crippen molar-refractivity contribution >= 4 is 22.6 Å². The molecule has 0 aliphatic carbocycles. The molecule has 0 aliphatic heterocycles. The van der Waals surface area contributed by atoms with Crippen molar-refractivity contribution in [2.75, 3.05) is 0 Å². The number of unbranched alkanes of at least 4 members (excludes halogenated alkanes) is 1. The van der Waals surface area contributed by atoms with Gasteiger partial charge in [0, 0.05) is 9.99 Å². The molecule has 3 nitrogen and oxygen atoms in total. The van der Waals surface area contributed by atoms with Crippen LogP contribution in [0.15, 0.2) is 72.8 Å². The van der Waals surface area contributed by atoms with Crippen LogP contribution < -0.4 is 16.2 Å². The summed E-state index contributed by atoms with van der Waals surface area (Å²) in [6.45, 7) is 2.11. The fraction of sp³-hybridized carbons (Fsp3) is 0.217. The molecule has 3 rings (SSSR count). The molecule has 0 fully saturated rings. The highest BCUT2D eigenvalue weighted by molar-refractivity contribution is 14.1. The lowest BCUT2D eigenvalue weighted by Crippen LogP contribution is -2.54. The van der Waals surface area contributed by atoms with Gasteiger partial charge in [-0.2, -0.15) is 0 Å². The van der Waals surface area contributed by atoms with Crippen LogP contribution in [0.1, 0.15) is 26.2 Å². The van der Waals surface area contributed by atoms with Crippen LogP contribution in [-0.4, -0.2) is 5.85 Å². The fourth-order valence-corrected chi connectivity index (χ4v) is 3.30. The molecule has 0 bridgehead atoms. The number of halogens is 1. The van der Waals surface area contributed by atoms with Gasteiger partial charge in [0.25, 0.3) is 0 Å². The van der Waals surface area contributed by atoms with Gasteiger partial charge in [-0.1, -0.05) is 61.9 Å². The Balaban J connectivity index is 1.70. The van der Waals surface area contributed by atoms with Crippen molar-refractivity contribution in [3.63, 3.8) is 0 Å². The Kier molecular flexibility index (Phi) is 6.52. The zero-order chi connectivity index (χ0) is 19.3. The molecule has 0 saturated carbocycles. The molecule has 0 heterocycles. The number of hydrogen-bond acceptors (Lipinski definition) is 3. The fourth-order valence-electron chi connectivity index (χ4n) is 2.94. The first-order valence-electron chi connectivity index (χ1n) is 9.20. The average molecular weight is 472 g/mol. The zero-order valence-corrected chi connectivity index (χ0v) is 17.6. The van der Waals surface area contributed by atoms with Gasteiger partial charge in [0.2, 0.25) is 5.85 Å². The second kappa shape index (κ2) is 8.87. The van der Waals surface area contributed by atoms with E-state index in [2.05, 4.69) is 78.0 Å². The van der Waals surface area contributed by atoms with E-state index in [1.54, 1.807) is 0 Å². The minimum Gasteiger partial charge on any atom is -0.460 e. The van der Waals surface area contributed by atoms with Gasteiger partial charge >= 0.3 is 0 Å². The largest absolute Gasteiger partial charge is 0.460 e. The first-order chi connectivity index (χ1) is 13.0. The maximum Gasteiger partial charge on any atom is 0.212 e. The van der Waals surface area contributed by atoms with Crippen molar-refractivity contribution in [3.8, 4) is 28.0 Å². The lowest BCUT2D eigenvalue weighted by atomic mass is 10.0. The quantitative estimate of drug-likeness (QED) is 0.339. The van der Waals surface area contributed by atoms with Crippen LogP contribution in [-0.2, 0) is 0 Å². The van der Waals surface area contributed by atoms with E-state index in [0.29, 0.717) is 12.2 Å². The Morgan fingerprint density at radius 3 is 1.59 bits per heavy atom. The summed E-state index contributed by atoms with van der Waals surface area (Å²) in [7, 11) is 0. The van der Waals surface area contributed by atoms with Gasteiger partial charge in [-0.3, -0.25) is 11.5 Å². The first kappa shape index (κ1) is 19.9. The van der Waals surface area contributed by atoms with Crippen molar-refractivity contribution < 1.29 is 4.74 Å². The molecule has 0 spiro atoms. The molecule has 0 atom stereocenters.